The first-order valence-corrected chi connectivity index (χ1v) is 9.57. The van der Waals surface area contributed by atoms with Crippen LogP contribution in [0.15, 0.2) is 42.5 Å². The molecule has 0 aliphatic carbocycles. The molecule has 1 saturated heterocycles. The number of carbonyl (C=O) groups is 2. The molecule has 2 amide bonds. The highest BCUT2D eigenvalue weighted by Gasteiger charge is 2.32. The van der Waals surface area contributed by atoms with Crippen molar-refractivity contribution < 1.29 is 27.7 Å². The molecule has 1 unspecified atom stereocenters. The number of nitrogens with one attached hydrogen (secondary N) is 1. The Morgan fingerprint density at radius 2 is 2.00 bits per heavy atom. The number of benzene rings is 2. The number of carbonyl (C=O) groups excluding carboxylic acids is 2. The predicted molar refractivity (Wildman–Crippen MR) is 105 cm³/mol. The van der Waals surface area contributed by atoms with Gasteiger partial charge in [-0.15, -0.1) is 0 Å². The van der Waals surface area contributed by atoms with E-state index in [1.54, 1.807) is 0 Å². The van der Waals surface area contributed by atoms with Crippen LogP contribution in [0.2, 0.25) is 0 Å². The van der Waals surface area contributed by atoms with Gasteiger partial charge in [-0.1, -0.05) is 18.2 Å². The average Bonchev–Trinajstić information content (AvgIpc) is 3.11. The van der Waals surface area contributed by atoms with Gasteiger partial charge in [0.25, 0.3) is 11.6 Å². The second kappa shape index (κ2) is 8.75. The number of hydrogen-bond acceptors (Lipinski definition) is 4. The zero-order chi connectivity index (χ0) is 22.8. The molecule has 0 radical (unpaired) electrons. The van der Waals surface area contributed by atoms with Gasteiger partial charge < -0.3 is 10.2 Å². The third-order valence-electron chi connectivity index (χ3n) is 5.16. The van der Waals surface area contributed by atoms with Gasteiger partial charge in [0.1, 0.15) is 0 Å². The van der Waals surface area contributed by atoms with Crippen LogP contribution in [0.4, 0.5) is 18.9 Å². The van der Waals surface area contributed by atoms with Gasteiger partial charge >= 0.3 is 6.18 Å². The van der Waals surface area contributed by atoms with Gasteiger partial charge in [0, 0.05) is 36.7 Å². The van der Waals surface area contributed by atoms with Crippen LogP contribution in [0, 0.1) is 17.0 Å². The number of aryl methyl sites for hydroxylation is 1. The van der Waals surface area contributed by atoms with Crippen LogP contribution in [0.1, 0.15) is 45.9 Å². The lowest BCUT2D eigenvalue weighted by Crippen LogP contribution is -2.38. The number of nitro groups is 1. The summed E-state index contributed by atoms with van der Waals surface area (Å²) in [5.41, 5.74) is -0.550. The number of alkyl halides is 3. The second-order valence-corrected chi connectivity index (χ2v) is 7.35. The minimum atomic E-state index is -4.56. The van der Waals surface area contributed by atoms with Crippen molar-refractivity contribution in [2.75, 3.05) is 13.1 Å². The summed E-state index contributed by atoms with van der Waals surface area (Å²) in [5.74, 6) is -0.825. The molecule has 2 aromatic rings. The number of rotatable bonds is 6. The third kappa shape index (κ3) is 5.19. The summed E-state index contributed by atoms with van der Waals surface area (Å²) >= 11 is 0. The first kappa shape index (κ1) is 22.3. The van der Waals surface area contributed by atoms with Crippen LogP contribution >= 0.6 is 0 Å². The van der Waals surface area contributed by atoms with Gasteiger partial charge in [0.2, 0.25) is 5.91 Å². The van der Waals surface area contributed by atoms with Crippen LogP contribution in [0.3, 0.4) is 0 Å². The largest absolute Gasteiger partial charge is 0.416 e. The zero-order valence-electron chi connectivity index (χ0n) is 16.6. The van der Waals surface area contributed by atoms with Gasteiger partial charge in [0.15, 0.2) is 0 Å². The first-order chi connectivity index (χ1) is 14.6. The van der Waals surface area contributed by atoms with E-state index in [1.807, 2.05) is 0 Å². The molecule has 1 atom stereocenters. The predicted octanol–water partition coefficient (Wildman–Crippen LogP) is 4.02. The van der Waals surface area contributed by atoms with Gasteiger partial charge in [-0.2, -0.15) is 13.2 Å². The molecule has 10 heteroatoms. The average molecular weight is 435 g/mol. The molecule has 1 N–H and O–H groups in total. The van der Waals surface area contributed by atoms with E-state index in [4.69, 9.17) is 0 Å². The minimum Gasteiger partial charge on any atom is -0.343 e. The summed E-state index contributed by atoms with van der Waals surface area (Å²) in [6, 6.07) is 7.57. The van der Waals surface area contributed by atoms with E-state index < -0.39 is 28.6 Å². The number of amides is 2. The van der Waals surface area contributed by atoms with Crippen LogP contribution in [0.25, 0.3) is 0 Å². The lowest BCUT2D eigenvalue weighted by Gasteiger charge is -2.26. The van der Waals surface area contributed by atoms with Crippen LogP contribution < -0.4 is 5.32 Å². The lowest BCUT2D eigenvalue weighted by atomic mass is 10.0. The van der Waals surface area contributed by atoms with E-state index >= 15 is 0 Å². The van der Waals surface area contributed by atoms with E-state index in [2.05, 4.69) is 5.32 Å². The van der Waals surface area contributed by atoms with Gasteiger partial charge in [0.05, 0.1) is 16.5 Å². The maximum Gasteiger partial charge on any atom is 0.416 e. The monoisotopic (exact) mass is 435 g/mol. The first-order valence-electron chi connectivity index (χ1n) is 9.57. The summed E-state index contributed by atoms with van der Waals surface area (Å²) in [5, 5.41) is 13.8. The fourth-order valence-electron chi connectivity index (χ4n) is 3.47. The quantitative estimate of drug-likeness (QED) is 0.548. The lowest BCUT2D eigenvalue weighted by molar-refractivity contribution is -0.385. The summed E-state index contributed by atoms with van der Waals surface area (Å²) in [7, 11) is 0. The molecule has 3 rings (SSSR count). The Hall–Kier alpha value is -3.43. The Labute approximate surface area is 176 Å². The molecule has 2 aromatic carbocycles. The van der Waals surface area contributed by atoms with Gasteiger partial charge in [-0.3, -0.25) is 19.7 Å². The maximum atomic E-state index is 13.2. The SMILES string of the molecule is Cc1ccc(C(=O)NC(CN2CCCC2=O)c2cccc(C(F)(F)F)c2)cc1[N+](=O)[O-]. The van der Waals surface area contributed by atoms with E-state index in [9.17, 15) is 32.9 Å². The maximum absolute atomic E-state index is 13.2. The molecule has 1 aliphatic rings. The number of nitrogens with zero attached hydrogens (tertiary/aromatic N) is 2. The fourth-order valence-corrected chi connectivity index (χ4v) is 3.47. The molecule has 1 fully saturated rings. The smallest absolute Gasteiger partial charge is 0.343 e. The summed E-state index contributed by atoms with van der Waals surface area (Å²) in [6.07, 6.45) is -3.59. The number of likely N-dealkylation sites (tertiary alicyclic amines) is 1. The molecule has 0 bridgehead atoms. The van der Waals surface area contributed by atoms with Crippen molar-refractivity contribution in [3.05, 3.63) is 74.8 Å². The van der Waals surface area contributed by atoms with Crippen LogP contribution in [-0.2, 0) is 11.0 Å². The molecular formula is C21H20F3N3O4. The van der Waals surface area contributed by atoms with Crippen molar-refractivity contribution >= 4 is 17.5 Å². The second-order valence-electron chi connectivity index (χ2n) is 7.35. The van der Waals surface area contributed by atoms with Crippen LogP contribution in [-0.4, -0.2) is 34.7 Å². The van der Waals surface area contributed by atoms with Gasteiger partial charge in [-0.25, -0.2) is 0 Å². The summed E-state index contributed by atoms with van der Waals surface area (Å²) in [4.78, 5) is 36.9. The van der Waals surface area contributed by atoms with Crippen molar-refractivity contribution in [3.8, 4) is 0 Å². The van der Waals surface area contributed by atoms with Gasteiger partial charge in [-0.05, 0) is 37.1 Å². The Bertz CT molecular complexity index is 1020. The van der Waals surface area contributed by atoms with E-state index in [0.29, 0.717) is 24.9 Å². The summed E-state index contributed by atoms with van der Waals surface area (Å²) < 4.78 is 39.5. The Morgan fingerprint density at radius 3 is 2.61 bits per heavy atom. The molecular weight excluding hydrogens is 415 g/mol. The standard InChI is InChI=1S/C21H20F3N3O4/c1-13-7-8-15(11-18(13)27(30)31)20(29)25-17(12-26-9-3-6-19(26)28)14-4-2-5-16(10-14)21(22,23)24/h2,4-5,7-8,10-11,17H,3,6,9,12H2,1H3,(H,25,29). The van der Waals surface area contributed by atoms with E-state index in [-0.39, 0.29) is 29.3 Å². The zero-order valence-corrected chi connectivity index (χ0v) is 16.6. The van der Waals surface area contributed by atoms with E-state index in [1.165, 1.54) is 36.1 Å². The molecule has 0 spiro atoms. The van der Waals surface area contributed by atoms with Crippen molar-refractivity contribution in [2.45, 2.75) is 32.0 Å². The molecule has 1 aliphatic heterocycles. The van der Waals surface area contributed by atoms with Crippen molar-refractivity contribution in [1.29, 1.82) is 0 Å². The van der Waals surface area contributed by atoms with Crippen LogP contribution in [0.5, 0.6) is 0 Å². The molecule has 164 valence electrons. The molecule has 1 heterocycles. The number of halogens is 3. The summed E-state index contributed by atoms with van der Waals surface area (Å²) in [6.45, 7) is 1.98. The molecule has 31 heavy (non-hydrogen) atoms. The number of hydrogen-bond donors (Lipinski definition) is 1. The third-order valence-corrected chi connectivity index (χ3v) is 5.16. The highest BCUT2D eigenvalue weighted by Crippen LogP contribution is 2.31. The molecule has 0 saturated carbocycles. The van der Waals surface area contributed by atoms with Crippen molar-refractivity contribution in [2.24, 2.45) is 0 Å². The molecule has 0 aromatic heterocycles. The van der Waals surface area contributed by atoms with Crippen molar-refractivity contribution in [3.63, 3.8) is 0 Å². The highest BCUT2D eigenvalue weighted by atomic mass is 19.4. The van der Waals surface area contributed by atoms with Crippen molar-refractivity contribution in [1.82, 2.24) is 10.2 Å². The van der Waals surface area contributed by atoms with E-state index in [0.717, 1.165) is 18.2 Å². The number of nitro benzene ring substituents is 1. The normalized spacial score (nSPS) is 15.1. The minimum absolute atomic E-state index is 0.000160. The topological polar surface area (TPSA) is 92.6 Å². The Morgan fingerprint density at radius 1 is 1.26 bits per heavy atom. The highest BCUT2D eigenvalue weighted by molar-refractivity contribution is 5.95. The Balaban J connectivity index is 1.92. The fraction of sp³-hybridized carbons (Fsp3) is 0.333. The molecule has 7 nitrogen and oxygen atoms in total. The Kier molecular flexibility index (Phi) is 6.28.